The van der Waals surface area contributed by atoms with Gasteiger partial charge in [-0.25, -0.2) is 5.10 Å². The highest BCUT2D eigenvalue weighted by Gasteiger charge is 2.10. The van der Waals surface area contributed by atoms with Crippen molar-refractivity contribution in [2.45, 2.75) is 6.92 Å². The normalized spacial score (nSPS) is 10.3. The van der Waals surface area contributed by atoms with Crippen molar-refractivity contribution in [1.29, 1.82) is 0 Å². The highest BCUT2D eigenvalue weighted by molar-refractivity contribution is 6.37. The molecule has 0 amide bonds. The first-order chi connectivity index (χ1) is 8.06. The van der Waals surface area contributed by atoms with Crippen LogP contribution in [0.4, 0.5) is 0 Å². The van der Waals surface area contributed by atoms with Gasteiger partial charge in [-0.1, -0.05) is 23.2 Å². The van der Waals surface area contributed by atoms with Crippen LogP contribution in [0.15, 0.2) is 29.1 Å². The summed E-state index contributed by atoms with van der Waals surface area (Å²) < 4.78 is 5.40. The van der Waals surface area contributed by atoms with E-state index in [0.717, 1.165) is 5.56 Å². The highest BCUT2D eigenvalue weighted by atomic mass is 35.5. The molecule has 0 saturated carbocycles. The fourth-order valence-corrected chi connectivity index (χ4v) is 1.95. The molecule has 0 saturated heterocycles. The summed E-state index contributed by atoms with van der Waals surface area (Å²) in [6, 6.07) is 6.20. The molecule has 0 radical (unpaired) electrons. The van der Waals surface area contributed by atoms with Crippen LogP contribution >= 0.6 is 23.2 Å². The van der Waals surface area contributed by atoms with E-state index >= 15 is 0 Å². The molecule has 0 aliphatic heterocycles. The van der Waals surface area contributed by atoms with Crippen LogP contribution in [-0.4, -0.2) is 10.2 Å². The zero-order valence-electron chi connectivity index (χ0n) is 8.83. The van der Waals surface area contributed by atoms with Crippen molar-refractivity contribution in [1.82, 2.24) is 10.2 Å². The van der Waals surface area contributed by atoms with E-state index in [2.05, 4.69) is 10.2 Å². The fourth-order valence-electron chi connectivity index (χ4n) is 1.28. The molecule has 0 atom stereocenters. The quantitative estimate of drug-likeness (QED) is 0.912. The van der Waals surface area contributed by atoms with E-state index in [1.165, 1.54) is 12.1 Å². The first-order valence-corrected chi connectivity index (χ1v) is 5.51. The van der Waals surface area contributed by atoms with Crippen molar-refractivity contribution in [2.75, 3.05) is 0 Å². The van der Waals surface area contributed by atoms with Gasteiger partial charge in [-0.05, 0) is 24.6 Å². The number of nitrogens with zero attached hydrogens (tertiary/aromatic N) is 1. The lowest BCUT2D eigenvalue weighted by atomic mass is 10.2. The molecule has 17 heavy (non-hydrogen) atoms. The van der Waals surface area contributed by atoms with Crippen LogP contribution in [0, 0.1) is 6.92 Å². The van der Waals surface area contributed by atoms with Gasteiger partial charge in [0.05, 0.1) is 10.0 Å². The molecule has 1 aromatic heterocycles. The molecule has 1 heterocycles. The van der Waals surface area contributed by atoms with Crippen LogP contribution in [-0.2, 0) is 0 Å². The van der Waals surface area contributed by atoms with Crippen LogP contribution in [0.5, 0.6) is 11.6 Å². The lowest BCUT2D eigenvalue weighted by molar-refractivity contribution is 0.454. The van der Waals surface area contributed by atoms with Crippen molar-refractivity contribution in [3.05, 3.63) is 50.2 Å². The summed E-state index contributed by atoms with van der Waals surface area (Å²) in [7, 11) is 0. The molecular formula is C11H8Cl2N2O2. The van der Waals surface area contributed by atoms with Crippen molar-refractivity contribution in [3.8, 4) is 11.6 Å². The van der Waals surface area contributed by atoms with Crippen molar-refractivity contribution in [3.63, 3.8) is 0 Å². The maximum absolute atomic E-state index is 10.8. The van der Waals surface area contributed by atoms with E-state index in [1.54, 1.807) is 12.1 Å². The summed E-state index contributed by atoms with van der Waals surface area (Å²) in [5.74, 6) is 0.538. The Labute approximate surface area is 107 Å². The van der Waals surface area contributed by atoms with E-state index in [0.29, 0.717) is 15.8 Å². The average molecular weight is 271 g/mol. The van der Waals surface area contributed by atoms with Gasteiger partial charge >= 0.3 is 0 Å². The van der Waals surface area contributed by atoms with E-state index in [1.807, 2.05) is 6.92 Å². The minimum atomic E-state index is -0.307. The number of halogens is 2. The van der Waals surface area contributed by atoms with Gasteiger partial charge in [0.15, 0.2) is 5.75 Å². The third-order valence-electron chi connectivity index (χ3n) is 2.00. The lowest BCUT2D eigenvalue weighted by Gasteiger charge is -2.08. The van der Waals surface area contributed by atoms with E-state index in [-0.39, 0.29) is 11.4 Å². The Morgan fingerprint density at radius 1 is 1.24 bits per heavy atom. The number of aromatic amines is 1. The first kappa shape index (κ1) is 12.0. The summed E-state index contributed by atoms with van der Waals surface area (Å²) >= 11 is 12.0. The van der Waals surface area contributed by atoms with Crippen LogP contribution in [0.2, 0.25) is 10.0 Å². The predicted octanol–water partition coefficient (Wildman–Crippen LogP) is 3.18. The molecule has 0 aliphatic carbocycles. The number of rotatable bonds is 2. The van der Waals surface area contributed by atoms with Crippen LogP contribution in [0.3, 0.4) is 0 Å². The maximum atomic E-state index is 10.8. The van der Waals surface area contributed by atoms with E-state index in [4.69, 9.17) is 27.9 Å². The molecule has 0 bridgehead atoms. The third kappa shape index (κ3) is 2.78. The molecule has 6 heteroatoms. The van der Waals surface area contributed by atoms with Gasteiger partial charge in [-0.2, -0.15) is 0 Å². The van der Waals surface area contributed by atoms with Gasteiger partial charge in [-0.3, -0.25) is 4.79 Å². The van der Waals surface area contributed by atoms with Crippen molar-refractivity contribution in [2.24, 2.45) is 0 Å². The van der Waals surface area contributed by atoms with Crippen LogP contribution < -0.4 is 10.3 Å². The summed E-state index contributed by atoms with van der Waals surface area (Å²) in [5.41, 5.74) is 0.625. The monoisotopic (exact) mass is 270 g/mol. The van der Waals surface area contributed by atoms with Crippen molar-refractivity contribution < 1.29 is 4.74 Å². The van der Waals surface area contributed by atoms with Gasteiger partial charge in [0.1, 0.15) is 0 Å². The van der Waals surface area contributed by atoms with Crippen LogP contribution in [0.25, 0.3) is 0 Å². The lowest BCUT2D eigenvalue weighted by Crippen LogP contribution is -2.05. The largest absolute Gasteiger partial charge is 0.434 e. The smallest absolute Gasteiger partial charge is 0.264 e. The number of aromatic nitrogens is 2. The molecule has 1 aromatic carbocycles. The molecule has 0 aliphatic rings. The Morgan fingerprint density at radius 3 is 2.41 bits per heavy atom. The van der Waals surface area contributed by atoms with Gasteiger partial charge in [0.25, 0.3) is 5.56 Å². The minimum absolute atomic E-state index is 0.220. The van der Waals surface area contributed by atoms with Gasteiger partial charge < -0.3 is 4.74 Å². The molecule has 1 N–H and O–H groups in total. The molecule has 0 unspecified atom stereocenters. The van der Waals surface area contributed by atoms with Gasteiger partial charge in [0, 0.05) is 12.1 Å². The van der Waals surface area contributed by atoms with Crippen LogP contribution in [0.1, 0.15) is 5.56 Å². The molecule has 4 nitrogen and oxygen atoms in total. The average Bonchev–Trinajstić information content (AvgIpc) is 2.26. The SMILES string of the molecule is Cc1cc(Cl)c(Oc2ccc(=O)[nH]n2)c(Cl)c1. The zero-order valence-corrected chi connectivity index (χ0v) is 10.3. The fraction of sp³-hybridized carbons (Fsp3) is 0.0909. The summed E-state index contributed by atoms with van der Waals surface area (Å²) in [4.78, 5) is 10.8. The van der Waals surface area contributed by atoms with Crippen molar-refractivity contribution >= 4 is 23.2 Å². The number of hydrogen-bond donors (Lipinski definition) is 1. The molecule has 0 spiro atoms. The Bertz CT molecular complexity index is 567. The Morgan fingerprint density at radius 2 is 1.88 bits per heavy atom. The minimum Gasteiger partial charge on any atom is -0.434 e. The number of H-pyrrole nitrogens is 1. The Kier molecular flexibility index (Phi) is 3.36. The second kappa shape index (κ2) is 4.77. The second-order valence-corrected chi connectivity index (χ2v) is 4.23. The number of hydrogen-bond acceptors (Lipinski definition) is 3. The Balaban J connectivity index is 2.36. The number of nitrogens with one attached hydrogen (secondary N) is 1. The van der Waals surface area contributed by atoms with E-state index in [9.17, 15) is 4.79 Å². The summed E-state index contributed by atoms with van der Waals surface area (Å²) in [6.45, 7) is 1.87. The second-order valence-electron chi connectivity index (χ2n) is 3.42. The first-order valence-electron chi connectivity index (χ1n) is 4.75. The zero-order chi connectivity index (χ0) is 12.4. The number of ether oxygens (including phenoxy) is 1. The standard InChI is InChI=1S/C11H8Cl2N2O2/c1-6-4-7(12)11(8(13)5-6)17-10-3-2-9(16)14-15-10/h2-5H,1H3,(H,14,16). The Hall–Kier alpha value is -1.52. The third-order valence-corrected chi connectivity index (χ3v) is 2.56. The summed E-state index contributed by atoms with van der Waals surface area (Å²) in [5, 5.41) is 6.74. The van der Waals surface area contributed by atoms with Gasteiger partial charge in [-0.15, -0.1) is 5.10 Å². The highest BCUT2D eigenvalue weighted by Crippen LogP contribution is 2.36. The molecule has 2 aromatic rings. The van der Waals surface area contributed by atoms with Gasteiger partial charge in [0.2, 0.25) is 5.88 Å². The van der Waals surface area contributed by atoms with E-state index < -0.39 is 0 Å². The number of benzene rings is 1. The molecular weight excluding hydrogens is 263 g/mol. The predicted molar refractivity (Wildman–Crippen MR) is 66.1 cm³/mol. The number of aryl methyl sites for hydroxylation is 1. The maximum Gasteiger partial charge on any atom is 0.264 e. The molecule has 88 valence electrons. The summed E-state index contributed by atoms with van der Waals surface area (Å²) in [6.07, 6.45) is 0. The molecule has 0 fully saturated rings. The topological polar surface area (TPSA) is 55.0 Å². The molecule has 2 rings (SSSR count).